The van der Waals surface area contributed by atoms with Crippen LogP contribution in [0.2, 0.25) is 0 Å². The zero-order valence-corrected chi connectivity index (χ0v) is 15.8. The van der Waals surface area contributed by atoms with Gasteiger partial charge >= 0.3 is 0 Å². The highest BCUT2D eigenvalue weighted by molar-refractivity contribution is 5.43. The second-order valence-corrected chi connectivity index (χ2v) is 8.12. The minimum Gasteiger partial charge on any atom is -0.305 e. The van der Waals surface area contributed by atoms with E-state index in [4.69, 9.17) is 0 Å². The molecular weight excluding hydrogens is 290 g/mol. The van der Waals surface area contributed by atoms with Gasteiger partial charge in [-0.05, 0) is 54.1 Å². The van der Waals surface area contributed by atoms with Gasteiger partial charge in [-0.1, -0.05) is 76.2 Å². The van der Waals surface area contributed by atoms with Crippen LogP contribution in [0.25, 0.3) is 0 Å². The van der Waals surface area contributed by atoms with Gasteiger partial charge in [-0.15, -0.1) is 0 Å². The van der Waals surface area contributed by atoms with Crippen LogP contribution in [0, 0.1) is 0 Å². The van der Waals surface area contributed by atoms with Gasteiger partial charge in [0, 0.05) is 12.0 Å². The minimum absolute atomic E-state index is 0.139. The SMILES string of the molecule is CC(C)c1ccc(C2(c3ccc(C(C)C)cc3)CCN(C)C2)cc1. The summed E-state index contributed by atoms with van der Waals surface area (Å²) in [6.45, 7) is 11.3. The molecule has 0 radical (unpaired) electrons. The predicted molar refractivity (Wildman–Crippen MR) is 104 cm³/mol. The van der Waals surface area contributed by atoms with E-state index >= 15 is 0 Å². The fraction of sp³-hybridized carbons (Fsp3) is 0.478. The molecule has 0 unspecified atom stereocenters. The quantitative estimate of drug-likeness (QED) is 0.713. The Balaban J connectivity index is 2.01. The fourth-order valence-corrected chi connectivity index (χ4v) is 4.01. The number of benzene rings is 2. The molecule has 0 aromatic heterocycles. The maximum atomic E-state index is 2.46. The zero-order chi connectivity index (χ0) is 17.3. The first kappa shape index (κ1) is 17.2. The Morgan fingerprint density at radius 3 is 1.46 bits per heavy atom. The van der Waals surface area contributed by atoms with Crippen LogP contribution in [-0.4, -0.2) is 25.0 Å². The molecule has 24 heavy (non-hydrogen) atoms. The normalized spacial score (nSPS) is 17.8. The van der Waals surface area contributed by atoms with Crippen LogP contribution in [0.1, 0.15) is 68.2 Å². The summed E-state index contributed by atoms with van der Waals surface area (Å²) in [5.74, 6) is 1.18. The Morgan fingerprint density at radius 1 is 0.750 bits per heavy atom. The minimum atomic E-state index is 0.139. The van der Waals surface area contributed by atoms with Gasteiger partial charge in [0.2, 0.25) is 0 Å². The molecule has 1 heterocycles. The molecule has 0 spiro atoms. The summed E-state index contributed by atoms with van der Waals surface area (Å²) in [5, 5.41) is 0. The predicted octanol–water partition coefficient (Wildman–Crippen LogP) is 5.56. The third kappa shape index (κ3) is 3.15. The average molecular weight is 322 g/mol. The molecule has 0 saturated carbocycles. The molecule has 0 amide bonds. The number of likely N-dealkylation sites (N-methyl/N-ethyl adjacent to an activating group) is 1. The standard InChI is InChI=1S/C23H31N/c1-17(2)19-6-10-21(11-7-19)23(14-15-24(5)16-23)22-12-8-20(9-13-22)18(3)4/h6-13,17-18H,14-16H2,1-5H3. The summed E-state index contributed by atoms with van der Waals surface area (Å²) >= 11 is 0. The van der Waals surface area contributed by atoms with Crippen molar-refractivity contribution in [2.24, 2.45) is 0 Å². The van der Waals surface area contributed by atoms with Crippen molar-refractivity contribution in [3.05, 3.63) is 70.8 Å². The Hall–Kier alpha value is -1.60. The third-order valence-corrected chi connectivity index (χ3v) is 5.72. The second kappa shape index (κ2) is 6.72. The molecule has 1 aliphatic rings. The lowest BCUT2D eigenvalue weighted by molar-refractivity contribution is 0.391. The van der Waals surface area contributed by atoms with Crippen LogP contribution < -0.4 is 0 Å². The first-order valence-corrected chi connectivity index (χ1v) is 9.32. The highest BCUT2D eigenvalue weighted by atomic mass is 15.1. The van der Waals surface area contributed by atoms with E-state index in [1.165, 1.54) is 28.7 Å². The van der Waals surface area contributed by atoms with Crippen molar-refractivity contribution in [2.45, 2.75) is 51.4 Å². The van der Waals surface area contributed by atoms with Crippen molar-refractivity contribution in [3.8, 4) is 0 Å². The van der Waals surface area contributed by atoms with Crippen LogP contribution in [0.4, 0.5) is 0 Å². The number of hydrogen-bond donors (Lipinski definition) is 0. The van der Waals surface area contributed by atoms with Gasteiger partial charge in [-0.2, -0.15) is 0 Å². The topological polar surface area (TPSA) is 3.24 Å². The monoisotopic (exact) mass is 321 g/mol. The smallest absolute Gasteiger partial charge is 0.0341 e. The van der Waals surface area contributed by atoms with Crippen LogP contribution in [0.15, 0.2) is 48.5 Å². The van der Waals surface area contributed by atoms with E-state index in [9.17, 15) is 0 Å². The number of rotatable bonds is 4. The van der Waals surface area contributed by atoms with Crippen LogP contribution in [-0.2, 0) is 5.41 Å². The summed E-state index contributed by atoms with van der Waals surface area (Å²) in [5.41, 5.74) is 5.92. The molecule has 1 fully saturated rings. The molecule has 0 atom stereocenters. The van der Waals surface area contributed by atoms with Gasteiger partial charge in [0.25, 0.3) is 0 Å². The van der Waals surface area contributed by atoms with Gasteiger partial charge in [-0.25, -0.2) is 0 Å². The summed E-state index contributed by atoms with van der Waals surface area (Å²) in [6.07, 6.45) is 1.20. The van der Waals surface area contributed by atoms with Crippen molar-refractivity contribution >= 4 is 0 Å². The molecule has 1 heteroatoms. The molecule has 1 saturated heterocycles. The highest BCUT2D eigenvalue weighted by Crippen LogP contribution is 2.41. The molecule has 1 nitrogen and oxygen atoms in total. The van der Waals surface area contributed by atoms with Crippen molar-refractivity contribution in [3.63, 3.8) is 0 Å². The highest BCUT2D eigenvalue weighted by Gasteiger charge is 2.39. The second-order valence-electron chi connectivity index (χ2n) is 8.12. The number of hydrogen-bond acceptors (Lipinski definition) is 1. The molecule has 0 bridgehead atoms. The Kier molecular flexibility index (Phi) is 4.83. The molecule has 0 N–H and O–H groups in total. The Morgan fingerprint density at radius 2 is 1.17 bits per heavy atom. The van der Waals surface area contributed by atoms with Crippen molar-refractivity contribution in [1.29, 1.82) is 0 Å². The summed E-state index contributed by atoms with van der Waals surface area (Å²) in [4.78, 5) is 2.46. The van der Waals surface area contributed by atoms with Gasteiger partial charge in [0.1, 0.15) is 0 Å². The van der Waals surface area contributed by atoms with Crippen LogP contribution >= 0.6 is 0 Å². The first-order valence-electron chi connectivity index (χ1n) is 9.32. The number of likely N-dealkylation sites (tertiary alicyclic amines) is 1. The zero-order valence-electron chi connectivity index (χ0n) is 15.8. The van der Waals surface area contributed by atoms with E-state index in [-0.39, 0.29) is 5.41 Å². The van der Waals surface area contributed by atoms with Crippen LogP contribution in [0.5, 0.6) is 0 Å². The molecular formula is C23H31N. The van der Waals surface area contributed by atoms with E-state index in [0.717, 1.165) is 13.1 Å². The summed E-state index contributed by atoms with van der Waals surface area (Å²) < 4.78 is 0. The molecule has 3 rings (SSSR count). The first-order chi connectivity index (χ1) is 11.4. The Bertz CT molecular complexity index is 613. The van der Waals surface area contributed by atoms with E-state index in [0.29, 0.717) is 11.8 Å². The maximum absolute atomic E-state index is 2.46. The molecule has 0 aliphatic carbocycles. The lowest BCUT2D eigenvalue weighted by Gasteiger charge is -2.31. The van der Waals surface area contributed by atoms with Gasteiger partial charge < -0.3 is 4.90 Å². The van der Waals surface area contributed by atoms with E-state index in [1.807, 2.05) is 0 Å². The average Bonchev–Trinajstić information content (AvgIpc) is 2.98. The van der Waals surface area contributed by atoms with Gasteiger partial charge in [-0.3, -0.25) is 0 Å². The lowest BCUT2D eigenvalue weighted by Crippen LogP contribution is -2.31. The van der Waals surface area contributed by atoms with Crippen molar-refractivity contribution in [2.75, 3.05) is 20.1 Å². The van der Waals surface area contributed by atoms with E-state index < -0.39 is 0 Å². The third-order valence-electron chi connectivity index (χ3n) is 5.72. The number of nitrogens with zero attached hydrogens (tertiary/aromatic N) is 1. The van der Waals surface area contributed by atoms with Gasteiger partial charge in [0.15, 0.2) is 0 Å². The summed E-state index contributed by atoms with van der Waals surface area (Å²) in [6, 6.07) is 18.8. The van der Waals surface area contributed by atoms with E-state index in [2.05, 4.69) is 88.2 Å². The molecule has 2 aromatic carbocycles. The largest absolute Gasteiger partial charge is 0.305 e. The van der Waals surface area contributed by atoms with Crippen LogP contribution in [0.3, 0.4) is 0 Å². The summed E-state index contributed by atoms with van der Waals surface area (Å²) in [7, 11) is 2.24. The van der Waals surface area contributed by atoms with Crippen molar-refractivity contribution < 1.29 is 0 Å². The van der Waals surface area contributed by atoms with Gasteiger partial charge in [0.05, 0.1) is 0 Å². The van der Waals surface area contributed by atoms with Crippen molar-refractivity contribution in [1.82, 2.24) is 4.90 Å². The van der Waals surface area contributed by atoms with E-state index in [1.54, 1.807) is 0 Å². The molecule has 2 aromatic rings. The molecule has 1 aliphatic heterocycles. The molecule has 128 valence electrons. The fourth-order valence-electron chi connectivity index (χ4n) is 4.01. The maximum Gasteiger partial charge on any atom is 0.0341 e. The Labute approximate surface area is 147 Å². The lowest BCUT2D eigenvalue weighted by atomic mass is 9.73.